The molecule has 0 aliphatic rings. The average Bonchev–Trinajstić information content (AvgIpc) is 3.09. The third-order valence-corrected chi connectivity index (χ3v) is 3.62. The molecule has 0 atom stereocenters. The molecular weight excluding hydrogens is 306 g/mol. The Labute approximate surface area is 138 Å². The van der Waals surface area contributed by atoms with E-state index in [2.05, 4.69) is 10.4 Å². The van der Waals surface area contributed by atoms with Crippen molar-refractivity contribution in [3.63, 3.8) is 0 Å². The van der Waals surface area contributed by atoms with Crippen molar-refractivity contribution in [2.45, 2.75) is 20.0 Å². The summed E-state index contributed by atoms with van der Waals surface area (Å²) in [5, 5.41) is 7.01. The van der Waals surface area contributed by atoms with E-state index in [1.807, 2.05) is 31.2 Å². The van der Waals surface area contributed by atoms with Crippen LogP contribution < -0.4 is 10.9 Å². The molecular formula is C18H17N3O3. The Kier molecular flexibility index (Phi) is 4.56. The summed E-state index contributed by atoms with van der Waals surface area (Å²) >= 11 is 0. The van der Waals surface area contributed by atoms with Crippen LogP contribution in [0.2, 0.25) is 0 Å². The number of hydrogen-bond donors (Lipinski definition) is 1. The van der Waals surface area contributed by atoms with Crippen LogP contribution in [0.5, 0.6) is 0 Å². The van der Waals surface area contributed by atoms with Crippen molar-refractivity contribution in [2.24, 2.45) is 0 Å². The van der Waals surface area contributed by atoms with Crippen LogP contribution in [0.25, 0.3) is 11.3 Å². The molecule has 3 aromatic rings. The Morgan fingerprint density at radius 1 is 1.17 bits per heavy atom. The maximum atomic E-state index is 12.0. The minimum atomic E-state index is -0.319. The van der Waals surface area contributed by atoms with Crippen LogP contribution in [0.4, 0.5) is 0 Å². The summed E-state index contributed by atoms with van der Waals surface area (Å²) in [7, 11) is 0. The molecule has 0 saturated carbocycles. The lowest BCUT2D eigenvalue weighted by Crippen LogP contribution is -2.33. The number of carbonyl (C=O) groups excluding carboxylic acids is 1. The van der Waals surface area contributed by atoms with Gasteiger partial charge in [0, 0.05) is 11.6 Å². The van der Waals surface area contributed by atoms with E-state index in [1.165, 1.54) is 10.7 Å². The number of nitrogens with zero attached hydrogens (tertiary/aromatic N) is 2. The van der Waals surface area contributed by atoms with Gasteiger partial charge in [0.1, 0.15) is 12.3 Å². The Hall–Kier alpha value is -3.15. The topological polar surface area (TPSA) is 77.1 Å². The normalized spacial score (nSPS) is 10.5. The van der Waals surface area contributed by atoms with Gasteiger partial charge in [-0.3, -0.25) is 9.59 Å². The summed E-state index contributed by atoms with van der Waals surface area (Å²) in [4.78, 5) is 24.0. The first-order valence-electron chi connectivity index (χ1n) is 7.57. The lowest BCUT2D eigenvalue weighted by molar-refractivity contribution is -0.122. The molecule has 0 saturated heterocycles. The van der Waals surface area contributed by atoms with Gasteiger partial charge in [0.15, 0.2) is 0 Å². The van der Waals surface area contributed by atoms with Gasteiger partial charge in [-0.1, -0.05) is 24.3 Å². The molecule has 122 valence electrons. The summed E-state index contributed by atoms with van der Waals surface area (Å²) in [6, 6.07) is 14.4. The van der Waals surface area contributed by atoms with Crippen LogP contribution in [0, 0.1) is 6.92 Å². The molecule has 0 aliphatic carbocycles. The van der Waals surface area contributed by atoms with E-state index in [0.29, 0.717) is 11.5 Å². The summed E-state index contributed by atoms with van der Waals surface area (Å²) in [5.41, 5.74) is 2.33. The minimum absolute atomic E-state index is 0.140. The summed E-state index contributed by atoms with van der Waals surface area (Å²) in [5.74, 6) is 0.347. The lowest BCUT2D eigenvalue weighted by Gasteiger charge is -2.09. The molecule has 2 aromatic heterocycles. The van der Waals surface area contributed by atoms with Crippen LogP contribution in [0.15, 0.2) is 64.0 Å². The molecule has 24 heavy (non-hydrogen) atoms. The van der Waals surface area contributed by atoms with Gasteiger partial charge >= 0.3 is 0 Å². The molecule has 0 bridgehead atoms. The predicted molar refractivity (Wildman–Crippen MR) is 89.2 cm³/mol. The highest BCUT2D eigenvalue weighted by Crippen LogP contribution is 2.19. The molecule has 0 fully saturated rings. The van der Waals surface area contributed by atoms with Crippen LogP contribution in [0.1, 0.15) is 11.3 Å². The van der Waals surface area contributed by atoms with E-state index >= 15 is 0 Å². The zero-order valence-corrected chi connectivity index (χ0v) is 13.2. The Morgan fingerprint density at radius 2 is 2.00 bits per heavy atom. The fourth-order valence-electron chi connectivity index (χ4n) is 2.36. The van der Waals surface area contributed by atoms with Gasteiger partial charge in [0.25, 0.3) is 5.56 Å². The zero-order valence-electron chi connectivity index (χ0n) is 13.2. The van der Waals surface area contributed by atoms with Gasteiger partial charge in [-0.2, -0.15) is 5.10 Å². The van der Waals surface area contributed by atoms with E-state index in [-0.39, 0.29) is 24.6 Å². The van der Waals surface area contributed by atoms with Crippen LogP contribution in [-0.2, 0) is 17.9 Å². The number of hydrogen-bond acceptors (Lipinski definition) is 4. The highest BCUT2D eigenvalue weighted by Gasteiger charge is 2.09. The minimum Gasteiger partial charge on any atom is -0.467 e. The molecule has 0 unspecified atom stereocenters. The monoisotopic (exact) mass is 323 g/mol. The molecule has 6 nitrogen and oxygen atoms in total. The summed E-state index contributed by atoms with van der Waals surface area (Å²) < 4.78 is 6.31. The Bertz CT molecular complexity index is 898. The van der Waals surface area contributed by atoms with Crippen molar-refractivity contribution in [2.75, 3.05) is 0 Å². The third-order valence-electron chi connectivity index (χ3n) is 3.62. The lowest BCUT2D eigenvalue weighted by atomic mass is 10.1. The molecule has 1 amide bonds. The fraction of sp³-hybridized carbons (Fsp3) is 0.167. The van der Waals surface area contributed by atoms with E-state index in [1.54, 1.807) is 24.5 Å². The molecule has 0 spiro atoms. The van der Waals surface area contributed by atoms with Crippen LogP contribution in [0.3, 0.4) is 0 Å². The van der Waals surface area contributed by atoms with Gasteiger partial charge in [0.2, 0.25) is 5.91 Å². The number of carbonyl (C=O) groups is 1. The number of nitrogens with one attached hydrogen (secondary N) is 1. The number of furan rings is 1. The number of amides is 1. The fourth-order valence-corrected chi connectivity index (χ4v) is 2.36. The van der Waals surface area contributed by atoms with Crippen molar-refractivity contribution < 1.29 is 9.21 Å². The molecule has 0 aliphatic heterocycles. The van der Waals surface area contributed by atoms with E-state index < -0.39 is 0 Å². The SMILES string of the molecule is Cc1ccccc1-c1ccc(=O)n(CC(=O)NCc2ccco2)n1. The van der Waals surface area contributed by atoms with Gasteiger partial charge in [0.05, 0.1) is 18.5 Å². The highest BCUT2D eigenvalue weighted by molar-refractivity contribution is 5.75. The standard InChI is InChI=1S/C18H17N3O3/c1-13-5-2-3-7-15(13)16-8-9-18(23)21(20-16)12-17(22)19-11-14-6-4-10-24-14/h2-10H,11-12H2,1H3,(H,19,22). The van der Waals surface area contributed by atoms with Crippen LogP contribution >= 0.6 is 0 Å². The second-order valence-electron chi connectivity index (χ2n) is 5.39. The predicted octanol–water partition coefficient (Wildman–Crippen LogP) is 2.13. The van der Waals surface area contributed by atoms with Crippen molar-refractivity contribution in [1.82, 2.24) is 15.1 Å². The molecule has 1 N–H and O–H groups in total. The maximum Gasteiger partial charge on any atom is 0.267 e. The third kappa shape index (κ3) is 3.60. The Morgan fingerprint density at radius 3 is 2.75 bits per heavy atom. The van der Waals surface area contributed by atoms with Gasteiger partial charge < -0.3 is 9.73 Å². The molecule has 3 rings (SSSR count). The van der Waals surface area contributed by atoms with Crippen molar-refractivity contribution in [1.29, 1.82) is 0 Å². The number of rotatable bonds is 5. The van der Waals surface area contributed by atoms with Crippen LogP contribution in [-0.4, -0.2) is 15.7 Å². The number of aryl methyl sites for hydroxylation is 1. The first-order valence-corrected chi connectivity index (χ1v) is 7.57. The van der Waals surface area contributed by atoms with E-state index in [0.717, 1.165) is 11.1 Å². The van der Waals surface area contributed by atoms with Crippen molar-refractivity contribution in [3.05, 3.63) is 76.5 Å². The first kappa shape index (κ1) is 15.7. The first-order chi connectivity index (χ1) is 11.6. The van der Waals surface area contributed by atoms with Gasteiger partial charge in [-0.25, -0.2) is 4.68 Å². The largest absolute Gasteiger partial charge is 0.467 e. The number of benzene rings is 1. The van der Waals surface area contributed by atoms with Crippen molar-refractivity contribution >= 4 is 5.91 Å². The zero-order chi connectivity index (χ0) is 16.9. The second kappa shape index (κ2) is 6.95. The molecule has 6 heteroatoms. The van der Waals surface area contributed by atoms with Gasteiger partial charge in [-0.05, 0) is 30.7 Å². The van der Waals surface area contributed by atoms with E-state index in [9.17, 15) is 9.59 Å². The summed E-state index contributed by atoms with van der Waals surface area (Å²) in [6.45, 7) is 2.11. The smallest absolute Gasteiger partial charge is 0.267 e. The second-order valence-corrected chi connectivity index (χ2v) is 5.39. The van der Waals surface area contributed by atoms with E-state index in [4.69, 9.17) is 4.42 Å². The Balaban J connectivity index is 1.76. The average molecular weight is 323 g/mol. The highest BCUT2D eigenvalue weighted by atomic mass is 16.3. The number of aromatic nitrogens is 2. The quantitative estimate of drug-likeness (QED) is 0.780. The van der Waals surface area contributed by atoms with Gasteiger partial charge in [-0.15, -0.1) is 0 Å². The maximum absolute atomic E-state index is 12.0. The molecule has 2 heterocycles. The van der Waals surface area contributed by atoms with Crippen molar-refractivity contribution in [3.8, 4) is 11.3 Å². The molecule has 1 aromatic carbocycles. The molecule has 0 radical (unpaired) electrons. The summed E-state index contributed by atoms with van der Waals surface area (Å²) in [6.07, 6.45) is 1.54.